The van der Waals surface area contributed by atoms with Crippen molar-refractivity contribution in [3.05, 3.63) is 0 Å². The number of carbonyl (C=O) groups excluding carboxylic acids is 1. The first kappa shape index (κ1) is 17.4. The molecule has 0 aliphatic rings. The van der Waals surface area contributed by atoms with Crippen LogP contribution in [-0.2, 0) is 9.63 Å². The van der Waals surface area contributed by atoms with E-state index in [1.807, 2.05) is 0 Å². The molecule has 1 N–H and O–H groups in total. The number of rotatable bonds is 12. The van der Waals surface area contributed by atoms with E-state index < -0.39 is 0 Å². The molecule has 0 aromatic heterocycles. The molecule has 0 fully saturated rings. The van der Waals surface area contributed by atoms with Crippen LogP contribution in [0.1, 0.15) is 85.0 Å². The summed E-state index contributed by atoms with van der Waals surface area (Å²) in [5, 5.41) is 0. The average Bonchev–Trinajstić information content (AvgIpc) is 2.40. The highest BCUT2D eigenvalue weighted by Crippen LogP contribution is 2.11. The molecule has 1 atom stereocenters. The number of nitrogens with one attached hydrogen (secondary N) is 1. The molecule has 0 aliphatic carbocycles. The van der Waals surface area contributed by atoms with Crippen LogP contribution in [0.4, 0.5) is 0 Å². The molecule has 0 aliphatic heterocycles. The van der Waals surface area contributed by atoms with Crippen LogP contribution < -0.4 is 5.48 Å². The van der Waals surface area contributed by atoms with Gasteiger partial charge in [-0.15, -0.1) is 0 Å². The van der Waals surface area contributed by atoms with Gasteiger partial charge in [0, 0.05) is 12.5 Å². The third-order valence-electron chi connectivity index (χ3n) is 3.28. The van der Waals surface area contributed by atoms with Crippen LogP contribution in [0, 0.1) is 0 Å². The zero-order valence-corrected chi connectivity index (χ0v) is 12.5. The lowest BCUT2D eigenvalue weighted by Crippen LogP contribution is -2.30. The molecule has 0 amide bonds. The van der Waals surface area contributed by atoms with E-state index in [0.717, 1.165) is 12.8 Å². The molecular formula is C15H31NO2. The molecule has 0 heterocycles. The van der Waals surface area contributed by atoms with Gasteiger partial charge in [0.2, 0.25) is 0 Å². The standard InChI is InChI=1S/C15H31NO2/c1-4-7-8-9-10-11-12-13-14(5-2)16-18-15(17)6-3/h14,16H,4-13H2,1-3H3. The van der Waals surface area contributed by atoms with Crippen molar-refractivity contribution in [1.29, 1.82) is 0 Å². The Balaban J connectivity index is 3.41. The number of unbranched alkanes of at least 4 members (excludes halogenated alkanes) is 6. The highest BCUT2D eigenvalue weighted by atomic mass is 16.7. The van der Waals surface area contributed by atoms with Crippen molar-refractivity contribution in [2.24, 2.45) is 0 Å². The van der Waals surface area contributed by atoms with Gasteiger partial charge in [0.05, 0.1) is 0 Å². The average molecular weight is 257 g/mol. The summed E-state index contributed by atoms with van der Waals surface area (Å²) in [5.41, 5.74) is 2.88. The molecule has 0 spiro atoms. The summed E-state index contributed by atoms with van der Waals surface area (Å²) in [7, 11) is 0. The zero-order valence-electron chi connectivity index (χ0n) is 12.5. The van der Waals surface area contributed by atoms with E-state index in [1.165, 1.54) is 44.9 Å². The van der Waals surface area contributed by atoms with E-state index in [0.29, 0.717) is 12.5 Å². The van der Waals surface area contributed by atoms with Gasteiger partial charge in [-0.2, -0.15) is 5.48 Å². The fourth-order valence-corrected chi connectivity index (χ4v) is 1.92. The van der Waals surface area contributed by atoms with E-state index in [2.05, 4.69) is 19.3 Å². The molecule has 3 heteroatoms. The van der Waals surface area contributed by atoms with Crippen LogP contribution in [0.3, 0.4) is 0 Å². The smallest absolute Gasteiger partial charge is 0.324 e. The van der Waals surface area contributed by atoms with Crippen molar-refractivity contribution in [2.45, 2.75) is 91.0 Å². The Kier molecular flexibility index (Phi) is 12.5. The Bertz CT molecular complexity index is 195. The predicted molar refractivity (Wildman–Crippen MR) is 76.2 cm³/mol. The number of hydrogen-bond donors (Lipinski definition) is 1. The lowest BCUT2D eigenvalue weighted by molar-refractivity contribution is -0.152. The number of hydrogen-bond acceptors (Lipinski definition) is 3. The lowest BCUT2D eigenvalue weighted by atomic mass is 10.0. The van der Waals surface area contributed by atoms with Crippen molar-refractivity contribution in [1.82, 2.24) is 5.48 Å². The third kappa shape index (κ3) is 10.6. The predicted octanol–water partition coefficient (Wildman–Crippen LogP) is 4.36. The Hall–Kier alpha value is -0.570. The van der Waals surface area contributed by atoms with Crippen molar-refractivity contribution >= 4 is 5.97 Å². The van der Waals surface area contributed by atoms with Crippen molar-refractivity contribution in [2.75, 3.05) is 0 Å². The van der Waals surface area contributed by atoms with Crippen LogP contribution in [0.25, 0.3) is 0 Å². The minimum absolute atomic E-state index is 0.173. The first-order valence-electron chi connectivity index (χ1n) is 7.69. The summed E-state index contributed by atoms with van der Waals surface area (Å²) in [6.07, 6.45) is 11.8. The summed E-state index contributed by atoms with van der Waals surface area (Å²) in [5.74, 6) is -0.173. The van der Waals surface area contributed by atoms with Crippen LogP contribution in [0.2, 0.25) is 0 Å². The van der Waals surface area contributed by atoms with Gasteiger partial charge in [0.15, 0.2) is 0 Å². The number of hydroxylamine groups is 1. The molecular weight excluding hydrogens is 226 g/mol. The van der Waals surface area contributed by atoms with Crippen molar-refractivity contribution in [3.63, 3.8) is 0 Å². The molecule has 1 unspecified atom stereocenters. The fraction of sp³-hybridized carbons (Fsp3) is 0.933. The Morgan fingerprint density at radius 3 is 2.17 bits per heavy atom. The van der Waals surface area contributed by atoms with E-state index >= 15 is 0 Å². The minimum Gasteiger partial charge on any atom is -0.370 e. The maximum absolute atomic E-state index is 11.0. The van der Waals surface area contributed by atoms with E-state index in [4.69, 9.17) is 4.84 Å². The van der Waals surface area contributed by atoms with Gasteiger partial charge in [-0.1, -0.05) is 65.7 Å². The highest BCUT2D eigenvalue weighted by molar-refractivity contribution is 5.68. The van der Waals surface area contributed by atoms with Gasteiger partial charge in [-0.05, 0) is 12.8 Å². The summed E-state index contributed by atoms with van der Waals surface area (Å²) >= 11 is 0. The fourth-order valence-electron chi connectivity index (χ4n) is 1.92. The summed E-state index contributed by atoms with van der Waals surface area (Å²) < 4.78 is 0. The van der Waals surface area contributed by atoms with Gasteiger partial charge >= 0.3 is 5.97 Å². The summed E-state index contributed by atoms with van der Waals surface area (Å²) in [6.45, 7) is 6.18. The molecule has 18 heavy (non-hydrogen) atoms. The number of carbonyl (C=O) groups is 1. The summed E-state index contributed by atoms with van der Waals surface area (Å²) in [6, 6.07) is 0.316. The normalized spacial score (nSPS) is 12.4. The van der Waals surface area contributed by atoms with Gasteiger partial charge in [0.25, 0.3) is 0 Å². The second-order valence-corrected chi connectivity index (χ2v) is 4.96. The van der Waals surface area contributed by atoms with Gasteiger partial charge in [-0.25, -0.2) is 0 Å². The van der Waals surface area contributed by atoms with Gasteiger partial charge in [0.1, 0.15) is 0 Å². The van der Waals surface area contributed by atoms with E-state index in [1.54, 1.807) is 6.92 Å². The monoisotopic (exact) mass is 257 g/mol. The second-order valence-electron chi connectivity index (χ2n) is 4.96. The summed E-state index contributed by atoms with van der Waals surface area (Å²) in [4.78, 5) is 16.0. The topological polar surface area (TPSA) is 38.3 Å². The molecule has 3 nitrogen and oxygen atoms in total. The molecule has 0 radical (unpaired) electrons. The SMILES string of the molecule is CCCCCCCCCC(CC)NOC(=O)CC. The maximum Gasteiger partial charge on any atom is 0.324 e. The molecule has 0 saturated heterocycles. The second kappa shape index (κ2) is 12.9. The van der Waals surface area contributed by atoms with Crippen LogP contribution in [0.5, 0.6) is 0 Å². The Morgan fingerprint density at radius 1 is 1.00 bits per heavy atom. The molecule has 0 rings (SSSR count). The molecule has 0 aromatic rings. The van der Waals surface area contributed by atoms with Gasteiger partial charge in [-0.3, -0.25) is 4.79 Å². The van der Waals surface area contributed by atoms with E-state index in [-0.39, 0.29) is 5.97 Å². The lowest BCUT2D eigenvalue weighted by Gasteiger charge is -2.15. The van der Waals surface area contributed by atoms with Gasteiger partial charge < -0.3 is 4.84 Å². The molecule has 108 valence electrons. The van der Waals surface area contributed by atoms with Crippen molar-refractivity contribution < 1.29 is 9.63 Å². The Labute approximate surface area is 113 Å². The quantitative estimate of drug-likeness (QED) is 0.417. The van der Waals surface area contributed by atoms with E-state index in [9.17, 15) is 4.79 Å². The first-order valence-corrected chi connectivity index (χ1v) is 7.69. The van der Waals surface area contributed by atoms with Crippen LogP contribution >= 0.6 is 0 Å². The minimum atomic E-state index is -0.173. The highest BCUT2D eigenvalue weighted by Gasteiger charge is 2.07. The zero-order chi connectivity index (χ0) is 13.6. The molecule has 0 aromatic carbocycles. The molecule has 0 bridgehead atoms. The van der Waals surface area contributed by atoms with Crippen molar-refractivity contribution in [3.8, 4) is 0 Å². The Morgan fingerprint density at radius 2 is 1.61 bits per heavy atom. The first-order chi connectivity index (χ1) is 8.74. The molecule has 0 saturated carbocycles. The van der Waals surface area contributed by atoms with Crippen LogP contribution in [-0.4, -0.2) is 12.0 Å². The maximum atomic E-state index is 11.0. The largest absolute Gasteiger partial charge is 0.370 e. The third-order valence-corrected chi connectivity index (χ3v) is 3.28. The van der Waals surface area contributed by atoms with Crippen LogP contribution in [0.15, 0.2) is 0 Å².